The Morgan fingerprint density at radius 1 is 1.22 bits per heavy atom. The third kappa shape index (κ3) is 5.90. The molecule has 0 radical (unpaired) electrons. The normalized spacial score (nSPS) is 11.1. The highest BCUT2D eigenvalue weighted by Gasteiger charge is 2.31. The van der Waals surface area contributed by atoms with Crippen LogP contribution in [0.2, 0.25) is 0 Å². The number of aliphatic carboxylic acids is 1. The Balaban J connectivity index is 2.83. The number of nitrogens with one attached hydrogen (secondary N) is 1. The van der Waals surface area contributed by atoms with Crippen LogP contribution in [0.1, 0.15) is 43.5 Å². The number of methoxy groups -OCH3 is 1. The molecule has 1 amide bonds. The highest BCUT2D eigenvalue weighted by molar-refractivity contribution is 5.95. The van der Waals surface area contributed by atoms with Gasteiger partial charge in [-0.2, -0.15) is 0 Å². The van der Waals surface area contributed by atoms with Crippen LogP contribution in [0, 0.1) is 0 Å². The minimum absolute atomic E-state index is 0.101. The molecule has 0 aliphatic carbocycles. The van der Waals surface area contributed by atoms with Crippen LogP contribution < -0.4 is 10.1 Å². The number of hydrogen-bond acceptors (Lipinski definition) is 4. The summed E-state index contributed by atoms with van der Waals surface area (Å²) >= 11 is 0. The quantitative estimate of drug-likeness (QED) is 0.646. The van der Waals surface area contributed by atoms with Crippen LogP contribution in [0.4, 0.5) is 0 Å². The summed E-state index contributed by atoms with van der Waals surface area (Å²) in [5, 5.41) is 11.9. The van der Waals surface area contributed by atoms with Gasteiger partial charge in [0.2, 0.25) is 0 Å². The van der Waals surface area contributed by atoms with Crippen molar-refractivity contribution in [2.45, 2.75) is 38.6 Å². The number of hydrogen-bond donors (Lipinski definition) is 2. The van der Waals surface area contributed by atoms with E-state index >= 15 is 0 Å². The second-order valence-electron chi connectivity index (χ2n) is 5.38. The topological polar surface area (TPSA) is 84.9 Å². The molecule has 1 rings (SSSR count). The van der Waals surface area contributed by atoms with Gasteiger partial charge in [-0.1, -0.05) is 19.9 Å². The molecule has 128 valence electrons. The van der Waals surface area contributed by atoms with Gasteiger partial charge in [-0.25, -0.2) is 0 Å². The molecule has 1 aromatic rings. The van der Waals surface area contributed by atoms with E-state index in [1.807, 2.05) is 13.8 Å². The Labute approximate surface area is 136 Å². The molecule has 6 nitrogen and oxygen atoms in total. The van der Waals surface area contributed by atoms with Crippen LogP contribution in [-0.4, -0.2) is 42.8 Å². The van der Waals surface area contributed by atoms with Crippen molar-refractivity contribution in [3.05, 3.63) is 29.8 Å². The molecule has 0 aliphatic heterocycles. The molecule has 0 bridgehead atoms. The van der Waals surface area contributed by atoms with Crippen molar-refractivity contribution in [2.24, 2.45) is 0 Å². The zero-order valence-electron chi connectivity index (χ0n) is 13.9. The molecule has 0 atom stereocenters. The van der Waals surface area contributed by atoms with Crippen molar-refractivity contribution in [1.29, 1.82) is 0 Å². The minimum Gasteiger partial charge on any atom is -0.491 e. The fourth-order valence-corrected chi connectivity index (χ4v) is 2.29. The highest BCUT2D eigenvalue weighted by Crippen LogP contribution is 2.21. The monoisotopic (exact) mass is 323 g/mol. The van der Waals surface area contributed by atoms with Gasteiger partial charge in [0.25, 0.3) is 5.91 Å². The maximum atomic E-state index is 12.5. The number of benzene rings is 1. The molecule has 1 aromatic carbocycles. The van der Waals surface area contributed by atoms with Crippen LogP contribution in [0.3, 0.4) is 0 Å². The standard InChI is InChI=1S/C17H25NO5/c1-4-17(5-2,12-15(19)20)18-16(21)13-7-6-8-14(11-13)23-10-9-22-3/h6-8,11H,4-5,9-10,12H2,1-3H3,(H,18,21)(H,19,20). The SMILES string of the molecule is CCC(CC)(CC(=O)O)NC(=O)c1cccc(OCCOC)c1. The maximum Gasteiger partial charge on any atom is 0.305 e. The predicted molar refractivity (Wildman–Crippen MR) is 86.8 cm³/mol. The summed E-state index contributed by atoms with van der Waals surface area (Å²) in [5.41, 5.74) is -0.299. The van der Waals surface area contributed by atoms with Crippen molar-refractivity contribution in [2.75, 3.05) is 20.3 Å². The molecule has 0 aromatic heterocycles. The summed E-state index contributed by atoms with van der Waals surface area (Å²) in [4.78, 5) is 23.5. The predicted octanol–water partition coefficient (Wildman–Crippen LogP) is 2.48. The molecule has 6 heteroatoms. The van der Waals surface area contributed by atoms with E-state index in [4.69, 9.17) is 14.6 Å². The average molecular weight is 323 g/mol. The Morgan fingerprint density at radius 3 is 2.48 bits per heavy atom. The van der Waals surface area contributed by atoms with E-state index in [2.05, 4.69) is 5.32 Å². The Hall–Kier alpha value is -2.08. The summed E-state index contributed by atoms with van der Waals surface area (Å²) in [6, 6.07) is 6.81. The number of rotatable bonds is 10. The molecule has 0 heterocycles. The molecule has 2 N–H and O–H groups in total. The second kappa shape index (κ2) is 9.15. The zero-order chi connectivity index (χ0) is 17.3. The lowest BCUT2D eigenvalue weighted by atomic mass is 9.88. The number of carboxylic acid groups (broad SMARTS) is 1. The van der Waals surface area contributed by atoms with E-state index in [1.54, 1.807) is 31.4 Å². The van der Waals surface area contributed by atoms with Crippen LogP contribution >= 0.6 is 0 Å². The first-order chi connectivity index (χ1) is 11.0. The molecule has 0 unspecified atom stereocenters. The smallest absolute Gasteiger partial charge is 0.305 e. The van der Waals surface area contributed by atoms with E-state index in [0.29, 0.717) is 37.4 Å². The minimum atomic E-state index is -0.925. The van der Waals surface area contributed by atoms with Crippen molar-refractivity contribution >= 4 is 11.9 Å². The Bertz CT molecular complexity index is 525. The van der Waals surface area contributed by atoms with Gasteiger partial charge in [0, 0.05) is 12.7 Å². The molecule has 0 aliphatic rings. The number of ether oxygens (including phenoxy) is 2. The first-order valence-electron chi connectivity index (χ1n) is 7.72. The summed E-state index contributed by atoms with van der Waals surface area (Å²) in [6.45, 7) is 4.60. The average Bonchev–Trinajstić information content (AvgIpc) is 2.54. The molecule has 0 fully saturated rings. The first-order valence-corrected chi connectivity index (χ1v) is 7.72. The lowest BCUT2D eigenvalue weighted by Gasteiger charge is -2.31. The lowest BCUT2D eigenvalue weighted by Crippen LogP contribution is -2.49. The van der Waals surface area contributed by atoms with E-state index in [1.165, 1.54) is 0 Å². The van der Waals surface area contributed by atoms with Gasteiger partial charge in [0.15, 0.2) is 0 Å². The fraction of sp³-hybridized carbons (Fsp3) is 0.529. The van der Waals surface area contributed by atoms with E-state index < -0.39 is 11.5 Å². The molecule has 23 heavy (non-hydrogen) atoms. The van der Waals surface area contributed by atoms with Crippen LogP contribution in [-0.2, 0) is 9.53 Å². The van der Waals surface area contributed by atoms with Gasteiger partial charge in [-0.15, -0.1) is 0 Å². The van der Waals surface area contributed by atoms with Crippen LogP contribution in [0.5, 0.6) is 5.75 Å². The second-order valence-corrected chi connectivity index (χ2v) is 5.38. The number of amides is 1. The van der Waals surface area contributed by atoms with Gasteiger partial charge in [-0.3, -0.25) is 9.59 Å². The largest absolute Gasteiger partial charge is 0.491 e. The van der Waals surface area contributed by atoms with Gasteiger partial charge < -0.3 is 19.9 Å². The molecule has 0 spiro atoms. The molecule has 0 saturated heterocycles. The Kier molecular flexibility index (Phi) is 7.54. The molecular formula is C17H25NO5. The van der Waals surface area contributed by atoms with Crippen molar-refractivity contribution in [1.82, 2.24) is 5.32 Å². The molecular weight excluding hydrogens is 298 g/mol. The van der Waals surface area contributed by atoms with Gasteiger partial charge in [0.1, 0.15) is 12.4 Å². The summed E-state index contributed by atoms with van der Waals surface area (Å²) in [5.74, 6) is -0.649. The summed E-state index contributed by atoms with van der Waals surface area (Å²) in [6.07, 6.45) is 0.993. The van der Waals surface area contributed by atoms with Crippen molar-refractivity contribution in [3.63, 3.8) is 0 Å². The van der Waals surface area contributed by atoms with E-state index in [0.717, 1.165) is 0 Å². The van der Waals surface area contributed by atoms with Crippen LogP contribution in [0.15, 0.2) is 24.3 Å². The maximum absolute atomic E-state index is 12.5. The number of carboxylic acids is 1. The van der Waals surface area contributed by atoms with Gasteiger partial charge >= 0.3 is 5.97 Å². The lowest BCUT2D eigenvalue weighted by molar-refractivity contribution is -0.138. The highest BCUT2D eigenvalue weighted by atomic mass is 16.5. The van der Waals surface area contributed by atoms with Gasteiger partial charge in [0.05, 0.1) is 18.6 Å². The molecule has 0 saturated carbocycles. The van der Waals surface area contributed by atoms with E-state index in [9.17, 15) is 9.59 Å². The first kappa shape index (κ1) is 19.0. The van der Waals surface area contributed by atoms with Crippen molar-refractivity contribution in [3.8, 4) is 5.75 Å². The fourth-order valence-electron chi connectivity index (χ4n) is 2.29. The van der Waals surface area contributed by atoms with Crippen LogP contribution in [0.25, 0.3) is 0 Å². The number of carbonyl (C=O) groups is 2. The third-order valence-electron chi connectivity index (χ3n) is 3.87. The Morgan fingerprint density at radius 2 is 1.91 bits per heavy atom. The number of carbonyl (C=O) groups excluding carboxylic acids is 1. The third-order valence-corrected chi connectivity index (χ3v) is 3.87. The summed E-state index contributed by atoms with van der Waals surface area (Å²) < 4.78 is 10.4. The summed E-state index contributed by atoms with van der Waals surface area (Å²) in [7, 11) is 1.59. The zero-order valence-corrected chi connectivity index (χ0v) is 13.9. The van der Waals surface area contributed by atoms with E-state index in [-0.39, 0.29) is 12.3 Å². The van der Waals surface area contributed by atoms with Gasteiger partial charge in [-0.05, 0) is 31.0 Å². The van der Waals surface area contributed by atoms with Crippen molar-refractivity contribution < 1.29 is 24.2 Å².